The van der Waals surface area contributed by atoms with Gasteiger partial charge in [-0.25, -0.2) is 4.79 Å². The Labute approximate surface area is 140 Å². The standard InChI is InChI=1S/C18H21N3O3/c22-16-13(17(23)24)4-9-21-10-5-15(20-11-7-19-8-12-20)14-3-1-2-6-18(14,16)21/h1-4,6,19H,5,7-12H2,(H,23,24). The molecule has 1 aliphatic carbocycles. The smallest absolute Gasteiger partial charge is 0.339 e. The van der Waals surface area contributed by atoms with Crippen LogP contribution in [0.25, 0.3) is 0 Å². The molecule has 0 aromatic rings. The Morgan fingerprint density at radius 3 is 2.75 bits per heavy atom. The molecular formula is C18H21N3O3. The van der Waals surface area contributed by atoms with Gasteiger partial charge in [0.1, 0.15) is 11.1 Å². The molecule has 1 saturated heterocycles. The van der Waals surface area contributed by atoms with Gasteiger partial charge in [-0.3, -0.25) is 9.69 Å². The van der Waals surface area contributed by atoms with E-state index in [1.165, 1.54) is 5.70 Å². The van der Waals surface area contributed by atoms with E-state index in [-0.39, 0.29) is 11.4 Å². The molecule has 0 aromatic heterocycles. The first-order valence-corrected chi connectivity index (χ1v) is 8.43. The molecule has 0 amide bonds. The number of rotatable bonds is 2. The fraction of sp³-hybridized carbons (Fsp3) is 0.444. The Bertz CT molecular complexity index is 713. The molecule has 24 heavy (non-hydrogen) atoms. The van der Waals surface area contributed by atoms with Gasteiger partial charge in [0.25, 0.3) is 0 Å². The number of nitrogens with one attached hydrogen (secondary N) is 1. The minimum Gasteiger partial charge on any atom is -0.478 e. The molecule has 126 valence electrons. The minimum atomic E-state index is -1.13. The number of Topliss-reactive ketones (excluding diaryl/α,β-unsaturated/α-hetero) is 1. The molecule has 1 fully saturated rings. The average Bonchev–Trinajstić information content (AvgIpc) is 2.61. The molecule has 1 unspecified atom stereocenters. The predicted octanol–water partition coefficient (Wildman–Crippen LogP) is 0.310. The Morgan fingerprint density at radius 2 is 2.00 bits per heavy atom. The molecule has 3 aliphatic heterocycles. The topological polar surface area (TPSA) is 72.9 Å². The van der Waals surface area contributed by atoms with Crippen LogP contribution in [0.15, 0.2) is 47.2 Å². The number of hydrogen-bond acceptors (Lipinski definition) is 5. The van der Waals surface area contributed by atoms with Crippen molar-refractivity contribution in [3.63, 3.8) is 0 Å². The van der Waals surface area contributed by atoms with Crippen LogP contribution < -0.4 is 5.32 Å². The van der Waals surface area contributed by atoms with Crippen molar-refractivity contribution in [3.8, 4) is 0 Å². The SMILES string of the molecule is O=C(O)C1=CCN2CCC(N3CCNCC3)=C3C=CC=CC32C1=O. The van der Waals surface area contributed by atoms with E-state index in [1.54, 1.807) is 6.08 Å². The van der Waals surface area contributed by atoms with Crippen LogP contribution in [-0.2, 0) is 9.59 Å². The molecule has 2 N–H and O–H groups in total. The van der Waals surface area contributed by atoms with Gasteiger partial charge in [-0.1, -0.05) is 30.4 Å². The molecule has 0 saturated carbocycles. The molecule has 4 aliphatic rings. The normalized spacial score (nSPS) is 30.1. The molecule has 4 rings (SSSR count). The van der Waals surface area contributed by atoms with E-state index in [1.807, 2.05) is 24.3 Å². The van der Waals surface area contributed by atoms with Gasteiger partial charge in [0.05, 0.1) is 0 Å². The van der Waals surface area contributed by atoms with Crippen LogP contribution >= 0.6 is 0 Å². The summed E-state index contributed by atoms with van der Waals surface area (Å²) < 4.78 is 0. The number of allylic oxidation sites excluding steroid dienone is 2. The zero-order valence-corrected chi connectivity index (χ0v) is 13.5. The lowest BCUT2D eigenvalue weighted by atomic mass is 9.72. The lowest BCUT2D eigenvalue weighted by Gasteiger charge is -2.50. The summed E-state index contributed by atoms with van der Waals surface area (Å²) in [7, 11) is 0. The van der Waals surface area contributed by atoms with Crippen molar-refractivity contribution in [2.45, 2.75) is 12.0 Å². The molecule has 6 heteroatoms. The Hall–Kier alpha value is -2.18. The third-order valence-electron chi connectivity index (χ3n) is 5.39. The van der Waals surface area contributed by atoms with Gasteiger partial charge in [0.2, 0.25) is 0 Å². The highest BCUT2D eigenvalue weighted by Gasteiger charge is 2.52. The van der Waals surface area contributed by atoms with Gasteiger partial charge in [-0.05, 0) is 0 Å². The number of carboxylic acids is 1. The lowest BCUT2D eigenvalue weighted by molar-refractivity contribution is -0.136. The summed E-state index contributed by atoms with van der Waals surface area (Å²) in [4.78, 5) is 29.1. The Morgan fingerprint density at radius 1 is 1.21 bits per heavy atom. The summed E-state index contributed by atoms with van der Waals surface area (Å²) in [5.41, 5.74) is 1.10. The highest BCUT2D eigenvalue weighted by Crippen LogP contribution is 2.42. The second-order valence-electron chi connectivity index (χ2n) is 6.53. The molecule has 1 spiro atoms. The third kappa shape index (κ3) is 2.10. The number of carbonyl (C=O) groups is 2. The maximum absolute atomic E-state index is 13.1. The van der Waals surface area contributed by atoms with E-state index in [2.05, 4.69) is 15.1 Å². The van der Waals surface area contributed by atoms with E-state index in [9.17, 15) is 14.7 Å². The fourth-order valence-electron chi connectivity index (χ4n) is 4.23. The van der Waals surface area contributed by atoms with E-state index >= 15 is 0 Å². The van der Waals surface area contributed by atoms with Gasteiger partial charge in [0, 0.05) is 57.0 Å². The number of nitrogens with zero attached hydrogens (tertiary/aromatic N) is 2. The summed E-state index contributed by atoms with van der Waals surface area (Å²) >= 11 is 0. The van der Waals surface area contributed by atoms with E-state index in [4.69, 9.17) is 0 Å². The molecule has 1 atom stereocenters. The summed E-state index contributed by atoms with van der Waals surface area (Å²) in [6, 6.07) is 0. The number of piperazine rings is 1. The van der Waals surface area contributed by atoms with Gasteiger partial charge in [-0.2, -0.15) is 0 Å². The maximum atomic E-state index is 13.1. The maximum Gasteiger partial charge on any atom is 0.339 e. The molecule has 0 bridgehead atoms. The Kier molecular flexibility index (Phi) is 3.66. The fourth-order valence-corrected chi connectivity index (χ4v) is 4.23. The summed E-state index contributed by atoms with van der Waals surface area (Å²) in [5.74, 6) is -1.45. The highest BCUT2D eigenvalue weighted by molar-refractivity contribution is 6.23. The molecule has 6 nitrogen and oxygen atoms in total. The molecule has 0 radical (unpaired) electrons. The summed E-state index contributed by atoms with van der Waals surface area (Å²) in [5, 5.41) is 12.8. The van der Waals surface area contributed by atoms with Crippen LogP contribution in [0.1, 0.15) is 6.42 Å². The van der Waals surface area contributed by atoms with E-state index < -0.39 is 11.5 Å². The Balaban J connectivity index is 1.84. The highest BCUT2D eigenvalue weighted by atomic mass is 16.4. The van der Waals surface area contributed by atoms with E-state index in [0.717, 1.165) is 44.7 Å². The number of hydrogen-bond donors (Lipinski definition) is 2. The van der Waals surface area contributed by atoms with Gasteiger partial charge in [0.15, 0.2) is 5.78 Å². The van der Waals surface area contributed by atoms with Crippen LogP contribution in [0, 0.1) is 0 Å². The van der Waals surface area contributed by atoms with Gasteiger partial charge >= 0.3 is 5.97 Å². The van der Waals surface area contributed by atoms with Crippen molar-refractivity contribution in [2.24, 2.45) is 0 Å². The number of carboxylic acid groups (broad SMARTS) is 1. The molecule has 0 aromatic carbocycles. The lowest BCUT2D eigenvalue weighted by Crippen LogP contribution is -2.62. The van der Waals surface area contributed by atoms with Crippen LogP contribution in [0.5, 0.6) is 0 Å². The predicted molar refractivity (Wildman–Crippen MR) is 89.4 cm³/mol. The quantitative estimate of drug-likeness (QED) is 0.711. The van der Waals surface area contributed by atoms with Gasteiger partial charge < -0.3 is 15.3 Å². The van der Waals surface area contributed by atoms with Crippen LogP contribution in [0.3, 0.4) is 0 Å². The third-order valence-corrected chi connectivity index (χ3v) is 5.39. The first kappa shape index (κ1) is 15.4. The zero-order valence-electron chi connectivity index (χ0n) is 13.5. The number of ketones is 1. The first-order valence-electron chi connectivity index (χ1n) is 8.43. The largest absolute Gasteiger partial charge is 0.478 e. The molecular weight excluding hydrogens is 306 g/mol. The minimum absolute atomic E-state index is 0.0924. The van der Waals surface area contributed by atoms with Crippen molar-refractivity contribution in [2.75, 3.05) is 39.3 Å². The second kappa shape index (κ2) is 5.72. The summed E-state index contributed by atoms with van der Waals surface area (Å²) in [6.45, 7) is 4.95. The van der Waals surface area contributed by atoms with Crippen molar-refractivity contribution in [3.05, 3.63) is 47.2 Å². The average molecular weight is 327 g/mol. The van der Waals surface area contributed by atoms with Crippen molar-refractivity contribution < 1.29 is 14.7 Å². The van der Waals surface area contributed by atoms with E-state index in [0.29, 0.717) is 6.54 Å². The second-order valence-corrected chi connectivity index (χ2v) is 6.53. The first-order chi connectivity index (χ1) is 11.6. The van der Waals surface area contributed by atoms with Gasteiger partial charge in [-0.15, -0.1) is 0 Å². The summed E-state index contributed by atoms with van der Waals surface area (Å²) in [6.07, 6.45) is 10.1. The zero-order chi connectivity index (χ0) is 16.7. The number of carbonyl (C=O) groups excluding carboxylic acids is 1. The van der Waals surface area contributed by atoms with Crippen LogP contribution in [0.4, 0.5) is 0 Å². The van der Waals surface area contributed by atoms with Crippen LogP contribution in [0.2, 0.25) is 0 Å². The van der Waals surface area contributed by atoms with Crippen LogP contribution in [-0.4, -0.2) is 71.5 Å². The monoisotopic (exact) mass is 327 g/mol. The van der Waals surface area contributed by atoms with Crippen molar-refractivity contribution in [1.29, 1.82) is 0 Å². The number of aliphatic carboxylic acids is 1. The van der Waals surface area contributed by atoms with Crippen molar-refractivity contribution in [1.82, 2.24) is 15.1 Å². The molecule has 3 heterocycles. The van der Waals surface area contributed by atoms with Crippen molar-refractivity contribution >= 4 is 11.8 Å².